The summed E-state index contributed by atoms with van der Waals surface area (Å²) in [5.41, 5.74) is 22.9. The Labute approximate surface area is 359 Å². The third kappa shape index (κ3) is 13.5. The normalized spacial score (nSPS) is 14.0. The second-order valence-corrected chi connectivity index (χ2v) is 16.4. The highest BCUT2D eigenvalue weighted by Gasteiger charge is 2.34. The molecule has 0 aliphatic heterocycles. The molecule has 0 aliphatic carbocycles. The van der Waals surface area contributed by atoms with E-state index in [-0.39, 0.29) is 25.7 Å². The van der Waals surface area contributed by atoms with E-state index in [1.807, 2.05) is 24.3 Å². The molecule has 330 valence electrons. The van der Waals surface area contributed by atoms with Crippen molar-refractivity contribution in [1.29, 1.82) is 0 Å². The molecule has 0 saturated heterocycles. The molecule has 2 aromatic heterocycles. The molecule has 20 heteroatoms. The molecule has 0 bridgehead atoms. The number of rotatable bonds is 24. The number of hydrogen-bond donors (Lipinski definition) is 10. The Hall–Kier alpha value is -6.45. The summed E-state index contributed by atoms with van der Waals surface area (Å²) in [5.74, 6) is -3.95. The summed E-state index contributed by atoms with van der Waals surface area (Å²) in [6.45, 7) is 1.33. The van der Waals surface area contributed by atoms with Crippen LogP contribution in [0.2, 0.25) is 0 Å². The van der Waals surface area contributed by atoms with Crippen molar-refractivity contribution in [3.63, 3.8) is 0 Å². The van der Waals surface area contributed by atoms with Crippen molar-refractivity contribution >= 4 is 50.6 Å². The summed E-state index contributed by atoms with van der Waals surface area (Å²) in [6.07, 6.45) is 5.99. The first-order chi connectivity index (χ1) is 29.7. The van der Waals surface area contributed by atoms with Gasteiger partial charge in [0.1, 0.15) is 24.2 Å². The van der Waals surface area contributed by atoms with Crippen molar-refractivity contribution in [2.75, 3.05) is 6.54 Å². The number of nitrogens with zero attached hydrogens (tertiary/aromatic N) is 2. The predicted octanol–water partition coefficient (Wildman–Crippen LogP) is 0.0712. The lowest BCUT2D eigenvalue weighted by Crippen LogP contribution is -2.60. The molecule has 13 N–H and O–H groups in total. The number of unbranched alkanes of at least 4 members (excludes halogenated alkanes) is 1. The van der Waals surface area contributed by atoms with Crippen LogP contribution in [0.25, 0.3) is 10.9 Å². The zero-order chi connectivity index (χ0) is 44.6. The van der Waals surface area contributed by atoms with Crippen molar-refractivity contribution in [2.24, 2.45) is 17.2 Å². The van der Waals surface area contributed by atoms with Crippen LogP contribution < -0.4 is 43.3 Å². The number of para-hydroxylation sites is 1. The topological polar surface area (TPSA) is 305 Å². The standard InChI is InChI=1S/C42H54N12O7S/c1-27(49-41(58)36(21-30-23-47-34-17-9-8-16-32(30)34)51-40(57)33(44)22-31-24-46-26-48-31)39(56)52-54(25-29-14-6-3-7-15-29)62(60,61)53-37(20-28-12-4-2-5-13-28)42(59)50-35(38(45)55)18-10-11-19-43/h2-9,12-17,23-24,26-27,33,35-37,47,53H,10-11,18-22,25,43-44H2,1H3,(H2,45,55)(H,46,48)(H,49,58)(H,50,59)(H,51,57)(H,52,56)/t27-,33-,35-,36+,37+/m0/s1. The van der Waals surface area contributed by atoms with Crippen molar-refractivity contribution in [1.82, 2.24) is 45.5 Å². The minimum atomic E-state index is -4.77. The maximum absolute atomic E-state index is 14.3. The average molecular weight is 871 g/mol. The first-order valence-electron chi connectivity index (χ1n) is 20.1. The number of aromatic nitrogens is 3. The zero-order valence-electron chi connectivity index (χ0n) is 34.3. The van der Waals surface area contributed by atoms with Gasteiger partial charge in [-0.15, -0.1) is 0 Å². The summed E-state index contributed by atoms with van der Waals surface area (Å²) in [5, 5.41) is 8.71. The van der Waals surface area contributed by atoms with E-state index in [1.54, 1.807) is 73.1 Å². The first-order valence-corrected chi connectivity index (χ1v) is 21.5. The second-order valence-electron chi connectivity index (χ2n) is 14.8. The fourth-order valence-corrected chi connectivity index (χ4v) is 7.80. The highest BCUT2D eigenvalue weighted by molar-refractivity contribution is 7.87. The van der Waals surface area contributed by atoms with Gasteiger partial charge in [-0.2, -0.15) is 13.1 Å². The Morgan fingerprint density at radius 2 is 1.39 bits per heavy atom. The van der Waals surface area contributed by atoms with E-state index in [0.717, 1.165) is 10.9 Å². The van der Waals surface area contributed by atoms with E-state index < -0.39 is 76.5 Å². The maximum atomic E-state index is 14.3. The van der Waals surface area contributed by atoms with Gasteiger partial charge in [0.05, 0.1) is 24.6 Å². The predicted molar refractivity (Wildman–Crippen MR) is 232 cm³/mol. The van der Waals surface area contributed by atoms with Crippen LogP contribution in [0.1, 0.15) is 48.6 Å². The number of benzene rings is 3. The van der Waals surface area contributed by atoms with Crippen LogP contribution in [0, 0.1) is 0 Å². The molecule has 5 aromatic rings. The minimum absolute atomic E-state index is 0.0119. The third-order valence-electron chi connectivity index (χ3n) is 10.00. The molecule has 0 radical (unpaired) electrons. The largest absolute Gasteiger partial charge is 0.368 e. The number of imidazole rings is 1. The molecular weight excluding hydrogens is 817 g/mol. The molecule has 19 nitrogen and oxygen atoms in total. The number of aromatic amines is 2. The van der Waals surface area contributed by atoms with E-state index in [1.165, 1.54) is 13.3 Å². The molecule has 0 saturated carbocycles. The summed E-state index contributed by atoms with van der Waals surface area (Å²) in [7, 11) is -4.77. The Morgan fingerprint density at radius 1 is 0.742 bits per heavy atom. The Morgan fingerprint density at radius 3 is 2.05 bits per heavy atom. The van der Waals surface area contributed by atoms with E-state index in [2.05, 4.69) is 41.1 Å². The summed E-state index contributed by atoms with van der Waals surface area (Å²) >= 11 is 0. The van der Waals surface area contributed by atoms with E-state index in [4.69, 9.17) is 17.2 Å². The van der Waals surface area contributed by atoms with Gasteiger partial charge in [-0.05, 0) is 61.9 Å². The summed E-state index contributed by atoms with van der Waals surface area (Å²) < 4.78 is 31.6. The third-order valence-corrected chi connectivity index (χ3v) is 11.4. The molecule has 62 heavy (non-hydrogen) atoms. The van der Waals surface area contributed by atoms with Crippen molar-refractivity contribution < 1.29 is 32.4 Å². The van der Waals surface area contributed by atoms with Crippen LogP contribution >= 0.6 is 0 Å². The molecule has 0 spiro atoms. The number of carbonyl (C=O) groups excluding carboxylic acids is 5. The minimum Gasteiger partial charge on any atom is -0.368 e. The van der Waals surface area contributed by atoms with Gasteiger partial charge in [-0.1, -0.05) is 83.3 Å². The molecule has 0 unspecified atom stereocenters. The SMILES string of the molecule is C[C@H](NC(=O)[C@@H](Cc1c[nH]c2ccccc12)NC(=O)[C@@H](N)Cc1c[nH]cn1)C(=O)NN(Cc1ccccc1)S(=O)(=O)N[C@H](Cc1ccccc1)C(=O)N[C@@H](CCCCN)C(N)=O. The summed E-state index contributed by atoms with van der Waals surface area (Å²) in [6, 6.07) is 18.2. The number of carbonyl (C=O) groups is 5. The number of hydrazine groups is 1. The van der Waals surface area contributed by atoms with Gasteiger partial charge in [0.2, 0.25) is 23.6 Å². The van der Waals surface area contributed by atoms with Gasteiger partial charge in [-0.25, -0.2) is 4.98 Å². The number of H-pyrrole nitrogens is 2. The number of nitrogens with two attached hydrogens (primary N) is 3. The maximum Gasteiger partial charge on any atom is 0.297 e. The van der Waals surface area contributed by atoms with Crippen molar-refractivity contribution in [2.45, 2.75) is 82.2 Å². The lowest BCUT2D eigenvalue weighted by Gasteiger charge is -2.28. The number of nitrogens with one attached hydrogen (secondary N) is 7. The quantitative estimate of drug-likeness (QED) is 0.0294. The monoisotopic (exact) mass is 870 g/mol. The number of fused-ring (bicyclic) bond motifs is 1. The Balaban J connectivity index is 1.36. The van der Waals surface area contributed by atoms with Gasteiger partial charge < -0.3 is 43.1 Å². The van der Waals surface area contributed by atoms with Crippen LogP contribution in [0.15, 0.2) is 104 Å². The highest BCUT2D eigenvalue weighted by Crippen LogP contribution is 2.20. The van der Waals surface area contributed by atoms with Crippen LogP contribution in [0.5, 0.6) is 0 Å². The van der Waals surface area contributed by atoms with Crippen LogP contribution in [-0.4, -0.2) is 94.1 Å². The van der Waals surface area contributed by atoms with Gasteiger partial charge in [-0.3, -0.25) is 29.4 Å². The Kier molecular flexibility index (Phi) is 16.8. The smallest absolute Gasteiger partial charge is 0.297 e. The molecule has 5 rings (SSSR count). The fourth-order valence-electron chi connectivity index (χ4n) is 6.59. The van der Waals surface area contributed by atoms with E-state index in [9.17, 15) is 32.4 Å². The average Bonchev–Trinajstić information content (AvgIpc) is 3.93. The molecular formula is C42H54N12O7S. The van der Waals surface area contributed by atoms with Gasteiger partial charge in [0.25, 0.3) is 16.1 Å². The lowest BCUT2D eigenvalue weighted by atomic mass is 10.0. The number of amides is 5. The van der Waals surface area contributed by atoms with Gasteiger partial charge >= 0.3 is 0 Å². The van der Waals surface area contributed by atoms with Crippen LogP contribution in [0.3, 0.4) is 0 Å². The molecule has 0 aliphatic rings. The van der Waals surface area contributed by atoms with Crippen molar-refractivity contribution in [3.8, 4) is 0 Å². The van der Waals surface area contributed by atoms with Crippen LogP contribution in [-0.2, 0) is 60.0 Å². The molecule has 5 atom stereocenters. The molecule has 0 fully saturated rings. The van der Waals surface area contributed by atoms with Gasteiger partial charge in [0, 0.05) is 36.1 Å². The zero-order valence-corrected chi connectivity index (χ0v) is 35.1. The molecule has 2 heterocycles. The first kappa shape index (κ1) is 46.6. The fraction of sp³-hybridized carbons (Fsp3) is 0.333. The summed E-state index contributed by atoms with van der Waals surface area (Å²) in [4.78, 5) is 77.4. The Bertz CT molecular complexity index is 2360. The van der Waals surface area contributed by atoms with E-state index >= 15 is 0 Å². The van der Waals surface area contributed by atoms with Crippen molar-refractivity contribution in [3.05, 3.63) is 126 Å². The number of primary amides is 1. The molecule has 5 amide bonds. The highest BCUT2D eigenvalue weighted by atomic mass is 32.2. The number of hydrogen-bond acceptors (Lipinski definition) is 10. The second kappa shape index (κ2) is 22.4. The molecule has 3 aromatic carbocycles. The van der Waals surface area contributed by atoms with Crippen LogP contribution in [0.4, 0.5) is 0 Å². The van der Waals surface area contributed by atoms with Gasteiger partial charge in [0.15, 0.2) is 0 Å². The lowest BCUT2D eigenvalue weighted by molar-refractivity contribution is -0.133. The van der Waals surface area contributed by atoms with E-state index in [0.29, 0.717) is 46.2 Å².